The van der Waals surface area contributed by atoms with Crippen LogP contribution in [0.2, 0.25) is 0 Å². The fourth-order valence-electron chi connectivity index (χ4n) is 2.26. The van der Waals surface area contributed by atoms with Gasteiger partial charge in [0, 0.05) is 18.8 Å². The summed E-state index contributed by atoms with van der Waals surface area (Å²) in [5.74, 6) is -0.312. The molecule has 0 aliphatic carbocycles. The molecule has 0 atom stereocenters. The molecule has 5 heteroatoms. The summed E-state index contributed by atoms with van der Waals surface area (Å²) in [6.07, 6.45) is 3.98. The molecule has 112 valence electrons. The Balaban J connectivity index is 2.13. The Kier molecular flexibility index (Phi) is 5.44. The molecule has 1 fully saturated rings. The molecular formula is C16H20N2O2S. The Hall–Kier alpha value is -1.75. The maximum atomic E-state index is 11.5. The van der Waals surface area contributed by atoms with E-state index in [1.54, 1.807) is 6.08 Å². The second kappa shape index (κ2) is 7.31. The summed E-state index contributed by atoms with van der Waals surface area (Å²) in [5, 5.41) is 1.95. The van der Waals surface area contributed by atoms with Crippen molar-refractivity contribution in [2.45, 2.75) is 26.7 Å². The first kappa shape index (κ1) is 15.6. The number of hydrogen-bond acceptors (Lipinski definition) is 4. The van der Waals surface area contributed by atoms with Crippen LogP contribution in [0.4, 0.5) is 10.5 Å². The third kappa shape index (κ3) is 4.11. The van der Waals surface area contributed by atoms with Crippen molar-refractivity contribution in [3.63, 3.8) is 0 Å². The van der Waals surface area contributed by atoms with Crippen LogP contribution in [-0.4, -0.2) is 24.2 Å². The van der Waals surface area contributed by atoms with Gasteiger partial charge in [-0.15, -0.1) is 0 Å². The van der Waals surface area contributed by atoms with Crippen LogP contribution < -0.4 is 10.2 Å². The van der Waals surface area contributed by atoms with Crippen molar-refractivity contribution in [3.8, 4) is 0 Å². The molecule has 0 radical (unpaired) electrons. The average Bonchev–Trinajstić information content (AvgIpc) is 2.77. The van der Waals surface area contributed by atoms with Crippen LogP contribution in [-0.2, 0) is 4.79 Å². The van der Waals surface area contributed by atoms with Crippen molar-refractivity contribution >= 4 is 34.7 Å². The summed E-state index contributed by atoms with van der Waals surface area (Å²) in [5.41, 5.74) is 2.12. The van der Waals surface area contributed by atoms with Gasteiger partial charge in [0.15, 0.2) is 0 Å². The minimum absolute atomic E-state index is 0.306. The van der Waals surface area contributed by atoms with E-state index in [4.69, 9.17) is 0 Å². The van der Waals surface area contributed by atoms with E-state index in [1.807, 2.05) is 12.1 Å². The van der Waals surface area contributed by atoms with Crippen molar-refractivity contribution in [3.05, 3.63) is 34.7 Å². The largest absolute Gasteiger partial charge is 0.372 e. The minimum Gasteiger partial charge on any atom is -0.372 e. The minimum atomic E-state index is -0.312. The maximum Gasteiger partial charge on any atom is 0.290 e. The van der Waals surface area contributed by atoms with Crippen LogP contribution in [0.3, 0.4) is 0 Å². The predicted molar refractivity (Wildman–Crippen MR) is 88.3 cm³/mol. The Bertz CT molecular complexity index is 546. The number of carbonyl (C=O) groups is 2. The molecule has 2 amide bonds. The lowest BCUT2D eigenvalue weighted by Gasteiger charge is -2.23. The summed E-state index contributed by atoms with van der Waals surface area (Å²) < 4.78 is 0. The van der Waals surface area contributed by atoms with Gasteiger partial charge in [0.1, 0.15) is 0 Å². The van der Waals surface area contributed by atoms with Gasteiger partial charge in [0.2, 0.25) is 0 Å². The highest BCUT2D eigenvalue weighted by Gasteiger charge is 2.24. The number of rotatable bonds is 6. The number of benzene rings is 1. The number of carbonyl (C=O) groups excluding carboxylic acids is 2. The molecule has 1 aromatic rings. The Morgan fingerprint density at radius 1 is 1.10 bits per heavy atom. The van der Waals surface area contributed by atoms with Gasteiger partial charge in [0.25, 0.3) is 11.1 Å². The number of hydrogen-bond donors (Lipinski definition) is 1. The molecule has 0 bridgehead atoms. The summed E-state index contributed by atoms with van der Waals surface area (Å²) >= 11 is 0.946. The number of nitrogens with zero attached hydrogens (tertiary/aromatic N) is 1. The van der Waals surface area contributed by atoms with Crippen LogP contribution >= 0.6 is 11.8 Å². The molecule has 0 spiro atoms. The zero-order valence-corrected chi connectivity index (χ0v) is 13.2. The molecular weight excluding hydrogens is 284 g/mol. The Morgan fingerprint density at radius 2 is 1.71 bits per heavy atom. The van der Waals surface area contributed by atoms with E-state index in [-0.39, 0.29) is 11.1 Å². The van der Waals surface area contributed by atoms with E-state index >= 15 is 0 Å². The normalized spacial score (nSPS) is 16.4. The second-order valence-corrected chi connectivity index (χ2v) is 5.95. The van der Waals surface area contributed by atoms with E-state index < -0.39 is 0 Å². The summed E-state index contributed by atoms with van der Waals surface area (Å²) in [4.78, 5) is 25.4. The summed E-state index contributed by atoms with van der Waals surface area (Å²) in [6.45, 7) is 6.44. The van der Waals surface area contributed by atoms with Gasteiger partial charge >= 0.3 is 0 Å². The third-order valence-electron chi connectivity index (χ3n) is 3.19. The maximum absolute atomic E-state index is 11.5. The van der Waals surface area contributed by atoms with Crippen molar-refractivity contribution in [1.29, 1.82) is 0 Å². The topological polar surface area (TPSA) is 49.4 Å². The fourth-order valence-corrected chi connectivity index (χ4v) is 2.95. The van der Waals surface area contributed by atoms with Gasteiger partial charge in [-0.3, -0.25) is 14.9 Å². The van der Waals surface area contributed by atoms with Gasteiger partial charge in [-0.05, 0) is 48.4 Å². The molecule has 1 heterocycles. The molecule has 1 aromatic carbocycles. The van der Waals surface area contributed by atoms with Crippen LogP contribution in [0, 0.1) is 0 Å². The standard InChI is InChI=1S/C16H20N2O2S/c1-3-9-18(10-4-2)13-7-5-12(6-8-13)11-14-15(19)17-16(20)21-14/h5-8,11H,3-4,9-10H2,1-2H3,(H,17,19,20)/b14-11-. The zero-order valence-electron chi connectivity index (χ0n) is 12.4. The molecule has 0 unspecified atom stereocenters. The first-order valence-corrected chi connectivity index (χ1v) is 8.05. The van der Waals surface area contributed by atoms with Crippen molar-refractivity contribution < 1.29 is 9.59 Å². The van der Waals surface area contributed by atoms with E-state index in [0.29, 0.717) is 4.91 Å². The van der Waals surface area contributed by atoms with Crippen LogP contribution in [0.15, 0.2) is 29.2 Å². The molecule has 0 aromatic heterocycles. The lowest BCUT2D eigenvalue weighted by atomic mass is 10.1. The van der Waals surface area contributed by atoms with Crippen molar-refractivity contribution in [2.24, 2.45) is 0 Å². The molecule has 1 aliphatic rings. The monoisotopic (exact) mass is 304 g/mol. The van der Waals surface area contributed by atoms with Gasteiger partial charge in [0.05, 0.1) is 4.91 Å². The summed E-state index contributed by atoms with van der Waals surface area (Å²) in [6, 6.07) is 8.10. The van der Waals surface area contributed by atoms with Gasteiger partial charge in [-0.1, -0.05) is 26.0 Å². The van der Waals surface area contributed by atoms with E-state index in [9.17, 15) is 9.59 Å². The molecule has 1 saturated heterocycles. The van der Waals surface area contributed by atoms with E-state index in [2.05, 4.69) is 36.2 Å². The van der Waals surface area contributed by atoms with Gasteiger partial charge in [-0.2, -0.15) is 0 Å². The van der Waals surface area contributed by atoms with Crippen LogP contribution in [0.1, 0.15) is 32.3 Å². The number of amides is 2. The van der Waals surface area contributed by atoms with Crippen LogP contribution in [0.5, 0.6) is 0 Å². The second-order valence-electron chi connectivity index (χ2n) is 4.93. The van der Waals surface area contributed by atoms with E-state index in [0.717, 1.165) is 43.3 Å². The quantitative estimate of drug-likeness (QED) is 0.815. The fraction of sp³-hybridized carbons (Fsp3) is 0.375. The highest BCUT2D eigenvalue weighted by atomic mass is 32.2. The first-order valence-electron chi connectivity index (χ1n) is 7.24. The molecule has 4 nitrogen and oxygen atoms in total. The molecule has 21 heavy (non-hydrogen) atoms. The highest BCUT2D eigenvalue weighted by Crippen LogP contribution is 2.26. The first-order chi connectivity index (χ1) is 10.1. The van der Waals surface area contributed by atoms with Gasteiger partial charge < -0.3 is 4.90 Å². The number of anilines is 1. The smallest absolute Gasteiger partial charge is 0.290 e. The molecule has 0 saturated carbocycles. The van der Waals surface area contributed by atoms with Gasteiger partial charge in [-0.25, -0.2) is 0 Å². The Labute approximate surface area is 129 Å². The van der Waals surface area contributed by atoms with Crippen molar-refractivity contribution in [2.75, 3.05) is 18.0 Å². The third-order valence-corrected chi connectivity index (χ3v) is 4.00. The molecule has 2 rings (SSSR count). The molecule has 1 N–H and O–H groups in total. The number of nitrogens with one attached hydrogen (secondary N) is 1. The zero-order chi connectivity index (χ0) is 15.2. The summed E-state index contributed by atoms with van der Waals surface area (Å²) in [7, 11) is 0. The SMILES string of the molecule is CCCN(CCC)c1ccc(/C=C2\SC(=O)NC2=O)cc1. The van der Waals surface area contributed by atoms with E-state index in [1.165, 1.54) is 5.69 Å². The molecule has 1 aliphatic heterocycles. The Morgan fingerprint density at radius 3 is 2.19 bits per heavy atom. The number of thioether (sulfide) groups is 1. The van der Waals surface area contributed by atoms with Crippen molar-refractivity contribution in [1.82, 2.24) is 5.32 Å². The lowest BCUT2D eigenvalue weighted by Crippen LogP contribution is -2.24. The highest BCUT2D eigenvalue weighted by molar-refractivity contribution is 8.18. The average molecular weight is 304 g/mol. The predicted octanol–water partition coefficient (Wildman–Crippen LogP) is 3.64. The number of imide groups is 1. The van der Waals surface area contributed by atoms with Crippen LogP contribution in [0.25, 0.3) is 6.08 Å². The lowest BCUT2D eigenvalue weighted by molar-refractivity contribution is -0.115.